The van der Waals surface area contributed by atoms with Gasteiger partial charge in [-0.1, -0.05) is 28.4 Å². The van der Waals surface area contributed by atoms with Crippen LogP contribution in [0.3, 0.4) is 0 Å². The van der Waals surface area contributed by atoms with E-state index in [1.807, 2.05) is 0 Å². The van der Waals surface area contributed by atoms with Crippen molar-refractivity contribution in [2.24, 2.45) is 5.73 Å². The summed E-state index contributed by atoms with van der Waals surface area (Å²) in [5.41, 5.74) is 9.05. The highest BCUT2D eigenvalue weighted by Gasteiger charge is 2.38. The predicted molar refractivity (Wildman–Crippen MR) is 68.1 cm³/mol. The van der Waals surface area contributed by atoms with Gasteiger partial charge >= 0.3 is 0 Å². The van der Waals surface area contributed by atoms with E-state index >= 15 is 0 Å². The molecule has 0 aliphatic heterocycles. The summed E-state index contributed by atoms with van der Waals surface area (Å²) in [5, 5.41) is 0. The molecule has 2 N–H and O–H groups in total. The minimum absolute atomic E-state index is 0.402. The van der Waals surface area contributed by atoms with Gasteiger partial charge in [0.15, 0.2) is 0 Å². The van der Waals surface area contributed by atoms with Crippen molar-refractivity contribution in [3.05, 3.63) is 33.8 Å². The van der Waals surface area contributed by atoms with Crippen LogP contribution in [0.25, 0.3) is 0 Å². The maximum absolute atomic E-state index is 5.73. The average Bonchev–Trinajstić information content (AvgIpc) is 2.12. The SMILES string of the molecule is Cc1cc(Br)ccc1C1(CCN)CCC1. The van der Waals surface area contributed by atoms with Gasteiger partial charge in [-0.3, -0.25) is 0 Å². The van der Waals surface area contributed by atoms with Crippen molar-refractivity contribution in [3.8, 4) is 0 Å². The van der Waals surface area contributed by atoms with Crippen molar-refractivity contribution in [1.29, 1.82) is 0 Å². The summed E-state index contributed by atoms with van der Waals surface area (Å²) in [7, 11) is 0. The zero-order valence-corrected chi connectivity index (χ0v) is 10.8. The van der Waals surface area contributed by atoms with Crippen LogP contribution in [0, 0.1) is 6.92 Å². The van der Waals surface area contributed by atoms with E-state index in [1.165, 1.54) is 34.9 Å². The third-order valence-electron chi connectivity index (χ3n) is 3.69. The maximum Gasteiger partial charge on any atom is 0.0178 e. The van der Waals surface area contributed by atoms with E-state index in [2.05, 4.69) is 41.1 Å². The second-order valence-electron chi connectivity index (χ2n) is 4.63. The lowest BCUT2D eigenvalue weighted by molar-refractivity contribution is 0.228. The number of benzene rings is 1. The van der Waals surface area contributed by atoms with Crippen molar-refractivity contribution >= 4 is 15.9 Å². The summed E-state index contributed by atoms with van der Waals surface area (Å²) in [5.74, 6) is 0. The summed E-state index contributed by atoms with van der Waals surface area (Å²) in [6.07, 6.45) is 5.12. The fourth-order valence-electron chi connectivity index (χ4n) is 2.76. The maximum atomic E-state index is 5.73. The second-order valence-corrected chi connectivity index (χ2v) is 5.55. The molecule has 15 heavy (non-hydrogen) atoms. The summed E-state index contributed by atoms with van der Waals surface area (Å²) in [6, 6.07) is 6.64. The molecule has 0 amide bonds. The van der Waals surface area contributed by atoms with Gasteiger partial charge in [0, 0.05) is 4.47 Å². The van der Waals surface area contributed by atoms with E-state index in [9.17, 15) is 0 Å². The van der Waals surface area contributed by atoms with Crippen molar-refractivity contribution in [3.63, 3.8) is 0 Å². The molecule has 0 spiro atoms. The first kappa shape index (κ1) is 11.2. The highest BCUT2D eigenvalue weighted by molar-refractivity contribution is 9.10. The van der Waals surface area contributed by atoms with Gasteiger partial charge in [-0.25, -0.2) is 0 Å². The highest BCUT2D eigenvalue weighted by atomic mass is 79.9. The van der Waals surface area contributed by atoms with E-state index in [-0.39, 0.29) is 0 Å². The van der Waals surface area contributed by atoms with E-state index in [0.717, 1.165) is 13.0 Å². The first-order chi connectivity index (χ1) is 7.18. The molecule has 2 heteroatoms. The zero-order chi connectivity index (χ0) is 10.9. The number of hydrogen-bond acceptors (Lipinski definition) is 1. The molecular formula is C13H18BrN. The van der Waals surface area contributed by atoms with Crippen molar-refractivity contribution in [2.45, 2.75) is 38.0 Å². The molecule has 1 aromatic rings. The number of rotatable bonds is 3. The van der Waals surface area contributed by atoms with Crippen LogP contribution in [-0.2, 0) is 5.41 Å². The molecule has 1 aliphatic carbocycles. The minimum Gasteiger partial charge on any atom is -0.330 e. The fourth-order valence-corrected chi connectivity index (χ4v) is 3.23. The molecule has 0 aromatic heterocycles. The van der Waals surface area contributed by atoms with Gasteiger partial charge in [0.2, 0.25) is 0 Å². The van der Waals surface area contributed by atoms with Gasteiger partial charge in [0.1, 0.15) is 0 Å². The Morgan fingerprint density at radius 2 is 2.13 bits per heavy atom. The predicted octanol–water partition coefficient (Wildman–Crippen LogP) is 3.53. The fraction of sp³-hybridized carbons (Fsp3) is 0.538. The smallest absolute Gasteiger partial charge is 0.0178 e. The lowest BCUT2D eigenvalue weighted by atomic mass is 9.61. The van der Waals surface area contributed by atoms with Crippen LogP contribution in [0.15, 0.2) is 22.7 Å². The van der Waals surface area contributed by atoms with Crippen LogP contribution in [-0.4, -0.2) is 6.54 Å². The van der Waals surface area contributed by atoms with Crippen LogP contribution in [0.2, 0.25) is 0 Å². The van der Waals surface area contributed by atoms with Crippen LogP contribution >= 0.6 is 15.9 Å². The monoisotopic (exact) mass is 267 g/mol. The standard InChI is InChI=1S/C13H18BrN/c1-10-9-11(14)3-4-12(10)13(7-8-15)5-2-6-13/h3-4,9H,2,5-8,15H2,1H3. The summed E-state index contributed by atoms with van der Waals surface area (Å²) >= 11 is 3.52. The third-order valence-corrected chi connectivity index (χ3v) is 4.19. The summed E-state index contributed by atoms with van der Waals surface area (Å²) in [4.78, 5) is 0. The molecule has 2 rings (SSSR count). The van der Waals surface area contributed by atoms with E-state index < -0.39 is 0 Å². The molecule has 0 heterocycles. The average molecular weight is 268 g/mol. The number of nitrogens with two attached hydrogens (primary N) is 1. The third kappa shape index (κ3) is 1.98. The van der Waals surface area contributed by atoms with E-state index in [4.69, 9.17) is 5.73 Å². The first-order valence-corrected chi connectivity index (χ1v) is 6.44. The topological polar surface area (TPSA) is 26.0 Å². The van der Waals surface area contributed by atoms with Crippen LogP contribution in [0.1, 0.15) is 36.8 Å². The zero-order valence-electron chi connectivity index (χ0n) is 9.22. The molecule has 1 aromatic carbocycles. The molecular weight excluding hydrogens is 250 g/mol. The second kappa shape index (κ2) is 4.26. The summed E-state index contributed by atoms with van der Waals surface area (Å²) in [6.45, 7) is 3.01. The Morgan fingerprint density at radius 3 is 2.60 bits per heavy atom. The molecule has 0 atom stereocenters. The van der Waals surface area contributed by atoms with Crippen molar-refractivity contribution in [1.82, 2.24) is 0 Å². The largest absolute Gasteiger partial charge is 0.330 e. The van der Waals surface area contributed by atoms with Gasteiger partial charge in [0.05, 0.1) is 0 Å². The molecule has 1 fully saturated rings. The highest BCUT2D eigenvalue weighted by Crippen LogP contribution is 2.47. The molecule has 82 valence electrons. The van der Waals surface area contributed by atoms with Gasteiger partial charge in [-0.15, -0.1) is 0 Å². The van der Waals surface area contributed by atoms with Crippen LogP contribution in [0.5, 0.6) is 0 Å². The van der Waals surface area contributed by atoms with Gasteiger partial charge in [0.25, 0.3) is 0 Å². The summed E-state index contributed by atoms with van der Waals surface area (Å²) < 4.78 is 1.17. The first-order valence-electron chi connectivity index (χ1n) is 5.65. The normalized spacial score (nSPS) is 18.6. The van der Waals surface area contributed by atoms with Crippen LogP contribution < -0.4 is 5.73 Å². The van der Waals surface area contributed by atoms with Gasteiger partial charge in [-0.2, -0.15) is 0 Å². The minimum atomic E-state index is 0.402. The molecule has 0 unspecified atom stereocenters. The van der Waals surface area contributed by atoms with Crippen LogP contribution in [0.4, 0.5) is 0 Å². The Kier molecular flexibility index (Phi) is 3.17. The van der Waals surface area contributed by atoms with E-state index in [0.29, 0.717) is 5.41 Å². The Labute approximate surface area is 100 Å². The molecule has 0 saturated heterocycles. The molecule has 1 aliphatic rings. The van der Waals surface area contributed by atoms with E-state index in [1.54, 1.807) is 0 Å². The molecule has 0 radical (unpaired) electrons. The molecule has 1 saturated carbocycles. The van der Waals surface area contributed by atoms with Crippen molar-refractivity contribution < 1.29 is 0 Å². The lowest BCUT2D eigenvalue weighted by Gasteiger charge is -2.43. The molecule has 0 bridgehead atoms. The quantitative estimate of drug-likeness (QED) is 0.891. The number of hydrogen-bond donors (Lipinski definition) is 1. The Morgan fingerprint density at radius 1 is 1.40 bits per heavy atom. The Balaban J connectivity index is 2.34. The lowest BCUT2D eigenvalue weighted by Crippen LogP contribution is -2.37. The Bertz CT molecular complexity index is 356. The Hall–Kier alpha value is -0.340. The van der Waals surface area contributed by atoms with Gasteiger partial charge < -0.3 is 5.73 Å². The number of aryl methyl sites for hydroxylation is 1. The van der Waals surface area contributed by atoms with Crippen molar-refractivity contribution in [2.75, 3.05) is 6.54 Å². The molecule has 1 nitrogen and oxygen atoms in total. The van der Waals surface area contributed by atoms with Gasteiger partial charge in [-0.05, 0) is 61.4 Å². The number of halogens is 1.